The molecule has 5 rings (SSSR count). The maximum Gasteiger partial charge on any atom is 0.410 e. The Morgan fingerprint density at radius 1 is 1.12 bits per heavy atom. The van der Waals surface area contributed by atoms with Crippen molar-refractivity contribution in [3.05, 3.63) is 60.0 Å². The third-order valence-electron chi connectivity index (χ3n) is 5.82. The number of carbonyl (C=O) groups is 1. The minimum Gasteiger partial charge on any atom is -0.444 e. The highest BCUT2D eigenvalue weighted by atomic mass is 32.1. The van der Waals surface area contributed by atoms with Crippen molar-refractivity contribution in [1.82, 2.24) is 24.3 Å². The summed E-state index contributed by atoms with van der Waals surface area (Å²) in [6, 6.07) is 8.46. The molecule has 0 atom stereocenters. The van der Waals surface area contributed by atoms with Gasteiger partial charge in [-0.15, -0.1) is 11.3 Å². The number of aromatic nitrogens is 4. The first-order valence-electron chi connectivity index (χ1n) is 11.4. The van der Waals surface area contributed by atoms with Crippen LogP contribution in [0.5, 0.6) is 0 Å². The summed E-state index contributed by atoms with van der Waals surface area (Å²) in [4.78, 5) is 27.8. The standard InChI is InChI=1S/C25H28N6O2S/c1-25(2,3)33-24(32)30-12-8-18(9-13-30)17-4-6-19(7-5-17)28-21-22-26-10-14-31(22)16-20(29-21)23-27-11-15-34-23/h4-7,10-11,14-16,18H,8-9,12-13H2,1-3H3,(H,28,29). The van der Waals surface area contributed by atoms with Crippen LogP contribution in [0.15, 0.2) is 54.4 Å². The SMILES string of the molecule is CC(C)(C)OC(=O)N1CCC(c2ccc(Nc3nc(-c4nccs4)cn4ccnc34)cc2)CC1. The van der Waals surface area contributed by atoms with E-state index in [2.05, 4.69) is 39.6 Å². The zero-order valence-corrected chi connectivity index (χ0v) is 20.4. The second-order valence-electron chi connectivity index (χ2n) is 9.46. The number of nitrogens with one attached hydrogen (secondary N) is 1. The van der Waals surface area contributed by atoms with Gasteiger partial charge in [0.2, 0.25) is 0 Å². The van der Waals surface area contributed by atoms with Gasteiger partial charge in [0.15, 0.2) is 11.5 Å². The third-order valence-corrected chi connectivity index (χ3v) is 6.61. The summed E-state index contributed by atoms with van der Waals surface area (Å²) >= 11 is 1.56. The minimum atomic E-state index is -0.465. The van der Waals surface area contributed by atoms with Crippen molar-refractivity contribution >= 4 is 34.6 Å². The van der Waals surface area contributed by atoms with Crippen LogP contribution in [0.4, 0.5) is 16.3 Å². The normalized spacial score (nSPS) is 15.0. The zero-order valence-electron chi connectivity index (χ0n) is 19.6. The number of thiazole rings is 1. The first-order chi connectivity index (χ1) is 16.4. The summed E-state index contributed by atoms with van der Waals surface area (Å²) in [6.07, 6.45) is 9.04. The van der Waals surface area contributed by atoms with E-state index in [0.717, 1.165) is 34.9 Å². The summed E-state index contributed by atoms with van der Waals surface area (Å²) < 4.78 is 7.47. The molecule has 1 N–H and O–H groups in total. The lowest BCUT2D eigenvalue weighted by Gasteiger charge is -2.33. The number of imidazole rings is 1. The highest BCUT2D eigenvalue weighted by Crippen LogP contribution is 2.31. The van der Waals surface area contributed by atoms with Crippen LogP contribution in [0.3, 0.4) is 0 Å². The number of hydrogen-bond acceptors (Lipinski definition) is 7. The molecule has 4 heterocycles. The van der Waals surface area contributed by atoms with Crippen molar-refractivity contribution in [3.8, 4) is 10.7 Å². The van der Waals surface area contributed by atoms with Crippen LogP contribution in [-0.4, -0.2) is 49.0 Å². The molecule has 1 fully saturated rings. The molecule has 1 aliphatic rings. The lowest BCUT2D eigenvalue weighted by Crippen LogP contribution is -2.41. The lowest BCUT2D eigenvalue weighted by molar-refractivity contribution is 0.0205. The smallest absolute Gasteiger partial charge is 0.410 e. The first-order valence-corrected chi connectivity index (χ1v) is 12.3. The van der Waals surface area contributed by atoms with Crippen molar-refractivity contribution in [2.75, 3.05) is 18.4 Å². The number of piperidine rings is 1. The predicted molar refractivity (Wildman–Crippen MR) is 134 cm³/mol. The van der Waals surface area contributed by atoms with Gasteiger partial charge in [-0.3, -0.25) is 0 Å². The van der Waals surface area contributed by atoms with Crippen molar-refractivity contribution < 1.29 is 9.53 Å². The topological polar surface area (TPSA) is 84.6 Å². The number of rotatable bonds is 4. The minimum absolute atomic E-state index is 0.219. The molecule has 0 radical (unpaired) electrons. The van der Waals surface area contributed by atoms with Crippen molar-refractivity contribution in [1.29, 1.82) is 0 Å². The molecular formula is C25H28N6O2S. The Balaban J connectivity index is 1.27. The Kier molecular flexibility index (Phi) is 5.95. The Morgan fingerprint density at radius 2 is 1.88 bits per heavy atom. The molecular weight excluding hydrogens is 448 g/mol. The molecule has 1 aromatic carbocycles. The van der Waals surface area contributed by atoms with Gasteiger partial charge in [-0.2, -0.15) is 0 Å². The van der Waals surface area contributed by atoms with Crippen molar-refractivity contribution in [2.45, 2.75) is 45.1 Å². The molecule has 1 aliphatic heterocycles. The molecule has 9 heteroatoms. The van der Waals surface area contributed by atoms with E-state index in [4.69, 9.17) is 9.72 Å². The summed E-state index contributed by atoms with van der Waals surface area (Å²) in [6.45, 7) is 7.12. The van der Waals surface area contributed by atoms with Crippen LogP contribution in [0.1, 0.15) is 45.1 Å². The first kappa shape index (κ1) is 22.3. The van der Waals surface area contributed by atoms with Gasteiger partial charge in [0.05, 0.1) is 0 Å². The monoisotopic (exact) mass is 476 g/mol. The van der Waals surface area contributed by atoms with Crippen LogP contribution in [-0.2, 0) is 4.74 Å². The summed E-state index contributed by atoms with van der Waals surface area (Å²) in [7, 11) is 0. The van der Waals surface area contributed by atoms with Crippen LogP contribution < -0.4 is 5.32 Å². The molecule has 1 amide bonds. The molecule has 0 aliphatic carbocycles. The van der Waals surface area contributed by atoms with E-state index in [-0.39, 0.29) is 6.09 Å². The van der Waals surface area contributed by atoms with Crippen molar-refractivity contribution in [2.24, 2.45) is 0 Å². The van der Waals surface area contributed by atoms with Gasteiger partial charge in [0.25, 0.3) is 0 Å². The maximum absolute atomic E-state index is 12.3. The number of benzene rings is 1. The Labute approximate surface area is 202 Å². The van der Waals surface area contributed by atoms with Crippen LogP contribution in [0.2, 0.25) is 0 Å². The van der Waals surface area contributed by atoms with Crippen molar-refractivity contribution in [3.63, 3.8) is 0 Å². The quantitative estimate of drug-likeness (QED) is 0.406. The Hall–Kier alpha value is -3.46. The van der Waals surface area contributed by atoms with E-state index in [1.54, 1.807) is 23.7 Å². The van der Waals surface area contributed by atoms with Crippen LogP contribution in [0, 0.1) is 0 Å². The Morgan fingerprint density at radius 3 is 2.56 bits per heavy atom. The molecule has 3 aromatic heterocycles. The molecule has 1 saturated heterocycles. The molecule has 0 saturated carbocycles. The molecule has 34 heavy (non-hydrogen) atoms. The van der Waals surface area contributed by atoms with Crippen LogP contribution >= 0.6 is 11.3 Å². The predicted octanol–water partition coefficient (Wildman–Crippen LogP) is 5.71. The molecule has 0 unspecified atom stereocenters. The van der Waals surface area contributed by atoms with Gasteiger partial charge < -0.3 is 19.4 Å². The number of hydrogen-bond donors (Lipinski definition) is 1. The van der Waals surface area contributed by atoms with E-state index in [1.165, 1.54) is 5.56 Å². The average Bonchev–Trinajstić information content (AvgIpc) is 3.51. The van der Waals surface area contributed by atoms with Gasteiger partial charge in [0, 0.05) is 48.9 Å². The van der Waals surface area contributed by atoms with Gasteiger partial charge in [-0.25, -0.2) is 19.7 Å². The fourth-order valence-corrected chi connectivity index (χ4v) is 4.76. The number of carbonyl (C=O) groups excluding carboxylic acids is 1. The van der Waals surface area contributed by atoms with E-state index in [9.17, 15) is 4.79 Å². The molecule has 0 spiro atoms. The lowest BCUT2D eigenvalue weighted by atomic mass is 9.89. The fourth-order valence-electron chi connectivity index (χ4n) is 4.17. The molecule has 4 aromatic rings. The van der Waals surface area contributed by atoms with Gasteiger partial charge >= 0.3 is 6.09 Å². The second-order valence-corrected chi connectivity index (χ2v) is 10.4. The van der Waals surface area contributed by atoms with Crippen LogP contribution in [0.25, 0.3) is 16.3 Å². The largest absolute Gasteiger partial charge is 0.444 e. The molecule has 0 bridgehead atoms. The number of amides is 1. The highest BCUT2D eigenvalue weighted by Gasteiger charge is 2.27. The maximum atomic E-state index is 12.3. The van der Waals surface area contributed by atoms with E-state index >= 15 is 0 Å². The Bertz CT molecular complexity index is 1270. The molecule has 176 valence electrons. The van der Waals surface area contributed by atoms with Gasteiger partial charge in [-0.1, -0.05) is 12.1 Å². The number of nitrogens with zero attached hydrogens (tertiary/aromatic N) is 5. The third kappa shape index (κ3) is 4.89. The molecule has 8 nitrogen and oxygen atoms in total. The summed E-state index contributed by atoms with van der Waals surface area (Å²) in [5.41, 5.74) is 3.33. The number of ether oxygens (including phenoxy) is 1. The summed E-state index contributed by atoms with van der Waals surface area (Å²) in [5.74, 6) is 1.12. The zero-order chi connectivity index (χ0) is 23.7. The number of anilines is 2. The highest BCUT2D eigenvalue weighted by molar-refractivity contribution is 7.13. The second kappa shape index (κ2) is 9.06. The van der Waals surface area contributed by atoms with Gasteiger partial charge in [0.1, 0.15) is 16.3 Å². The van der Waals surface area contributed by atoms with E-state index in [1.807, 2.05) is 47.8 Å². The fraction of sp³-hybridized carbons (Fsp3) is 0.360. The number of likely N-dealkylation sites (tertiary alicyclic amines) is 1. The van der Waals surface area contributed by atoms with E-state index in [0.29, 0.717) is 24.8 Å². The average molecular weight is 477 g/mol. The number of fused-ring (bicyclic) bond motifs is 1. The van der Waals surface area contributed by atoms with Gasteiger partial charge in [-0.05, 0) is 57.2 Å². The van der Waals surface area contributed by atoms with E-state index < -0.39 is 5.60 Å². The summed E-state index contributed by atoms with van der Waals surface area (Å²) in [5, 5.41) is 6.23.